The van der Waals surface area contributed by atoms with Gasteiger partial charge >= 0.3 is 0 Å². The third-order valence-electron chi connectivity index (χ3n) is 5.80. The summed E-state index contributed by atoms with van der Waals surface area (Å²) in [4.78, 5) is 23.3. The molecule has 0 aromatic heterocycles. The van der Waals surface area contributed by atoms with Gasteiger partial charge < -0.3 is 14.8 Å². The molecule has 0 unspecified atom stereocenters. The van der Waals surface area contributed by atoms with E-state index in [4.69, 9.17) is 9.98 Å². The number of rotatable bonds is 4. The maximum absolute atomic E-state index is 11.2. The Hall–Kier alpha value is -2.60. The third-order valence-corrected chi connectivity index (χ3v) is 6.71. The van der Waals surface area contributed by atoms with Crippen molar-refractivity contribution in [2.75, 3.05) is 10.7 Å². The second kappa shape index (κ2) is 8.64. The SMILES string of the molecule is Cc1ccc(N=C2N=C(SCC(=O)[O-])N(c3ccc(C)cc3)C23CCCCC3)cc1. The number of carbonyl (C=O) groups is 1. The number of anilines is 1. The number of aliphatic carboxylic acids is 1. The minimum Gasteiger partial charge on any atom is -0.549 e. The summed E-state index contributed by atoms with van der Waals surface area (Å²) in [6, 6.07) is 16.5. The van der Waals surface area contributed by atoms with E-state index in [9.17, 15) is 9.90 Å². The van der Waals surface area contributed by atoms with Gasteiger partial charge in [-0.15, -0.1) is 0 Å². The predicted molar refractivity (Wildman–Crippen MR) is 123 cm³/mol. The number of hydrogen-bond donors (Lipinski definition) is 0. The standard InChI is InChI=1S/C24H27N3O2S/c1-17-6-10-19(11-7-17)25-22-24(14-4-3-5-15-24)27(20-12-8-18(2)9-13-20)23(26-22)30-16-21(28)29/h6-13H,3-5,14-16H2,1-2H3,(H,28,29)/p-1. The molecule has 1 aliphatic carbocycles. The number of nitrogens with zero attached hydrogens (tertiary/aromatic N) is 3. The van der Waals surface area contributed by atoms with E-state index >= 15 is 0 Å². The Morgan fingerprint density at radius 2 is 1.63 bits per heavy atom. The average Bonchev–Trinajstić information content (AvgIpc) is 3.02. The molecule has 1 heterocycles. The lowest BCUT2D eigenvalue weighted by Crippen LogP contribution is -2.53. The first-order valence-electron chi connectivity index (χ1n) is 10.4. The number of thioether (sulfide) groups is 1. The van der Waals surface area contributed by atoms with Gasteiger partial charge in [0.1, 0.15) is 5.54 Å². The number of carboxylic acids is 1. The van der Waals surface area contributed by atoms with Crippen LogP contribution >= 0.6 is 11.8 Å². The molecular weight excluding hydrogens is 394 g/mol. The van der Waals surface area contributed by atoms with Crippen LogP contribution in [0.2, 0.25) is 0 Å². The number of aryl methyl sites for hydroxylation is 2. The van der Waals surface area contributed by atoms with E-state index in [0.29, 0.717) is 5.17 Å². The Morgan fingerprint density at radius 3 is 2.23 bits per heavy atom. The molecule has 0 bridgehead atoms. The minimum absolute atomic E-state index is 0.130. The molecule has 0 amide bonds. The smallest absolute Gasteiger partial charge is 0.171 e. The van der Waals surface area contributed by atoms with E-state index in [2.05, 4.69) is 55.1 Å². The molecular formula is C24H26N3O2S-. The number of hydrogen-bond acceptors (Lipinski definition) is 5. The number of aliphatic imine (C=N–C) groups is 2. The summed E-state index contributed by atoms with van der Waals surface area (Å²) >= 11 is 1.22. The van der Waals surface area contributed by atoms with E-state index < -0.39 is 5.97 Å². The molecule has 2 aromatic carbocycles. The van der Waals surface area contributed by atoms with Crippen molar-refractivity contribution in [3.63, 3.8) is 0 Å². The zero-order chi connectivity index (χ0) is 21.1. The van der Waals surface area contributed by atoms with Crippen molar-refractivity contribution in [1.29, 1.82) is 0 Å². The fourth-order valence-corrected chi connectivity index (χ4v) is 5.06. The molecule has 2 aromatic rings. The highest BCUT2D eigenvalue weighted by Gasteiger charge is 2.49. The molecule has 0 atom stereocenters. The lowest BCUT2D eigenvalue weighted by atomic mass is 9.79. The summed E-state index contributed by atoms with van der Waals surface area (Å²) in [7, 11) is 0. The first-order valence-corrected chi connectivity index (χ1v) is 11.4. The van der Waals surface area contributed by atoms with Crippen molar-refractivity contribution in [3.8, 4) is 0 Å². The van der Waals surface area contributed by atoms with Gasteiger partial charge in [0.15, 0.2) is 11.0 Å². The number of benzene rings is 2. The third kappa shape index (κ3) is 4.15. The summed E-state index contributed by atoms with van der Waals surface area (Å²) in [5.74, 6) is -0.435. The van der Waals surface area contributed by atoms with E-state index in [0.717, 1.165) is 42.9 Å². The van der Waals surface area contributed by atoms with E-state index in [1.165, 1.54) is 29.3 Å². The highest BCUT2D eigenvalue weighted by atomic mass is 32.2. The Kier molecular flexibility index (Phi) is 5.95. The van der Waals surface area contributed by atoms with Gasteiger partial charge in [0.25, 0.3) is 0 Å². The second-order valence-electron chi connectivity index (χ2n) is 8.09. The highest BCUT2D eigenvalue weighted by Crippen LogP contribution is 2.44. The van der Waals surface area contributed by atoms with Gasteiger partial charge in [-0.1, -0.05) is 66.4 Å². The van der Waals surface area contributed by atoms with Gasteiger partial charge in [-0.3, -0.25) is 0 Å². The van der Waals surface area contributed by atoms with Gasteiger partial charge in [-0.2, -0.15) is 0 Å². The van der Waals surface area contributed by atoms with Crippen LogP contribution in [0.25, 0.3) is 0 Å². The van der Waals surface area contributed by atoms with Crippen LogP contribution in [-0.2, 0) is 4.79 Å². The first-order chi connectivity index (χ1) is 14.5. The quantitative estimate of drug-likeness (QED) is 0.735. The van der Waals surface area contributed by atoms with Gasteiger partial charge in [0.05, 0.1) is 11.7 Å². The maximum Gasteiger partial charge on any atom is 0.171 e. The lowest BCUT2D eigenvalue weighted by molar-refractivity contribution is -0.301. The van der Waals surface area contributed by atoms with E-state index in [1.807, 2.05) is 12.1 Å². The molecule has 1 aliphatic heterocycles. The average molecular weight is 421 g/mol. The van der Waals surface area contributed by atoms with E-state index in [1.54, 1.807) is 0 Å². The molecule has 0 saturated heterocycles. The summed E-state index contributed by atoms with van der Waals surface area (Å²) in [5.41, 5.74) is 3.94. The zero-order valence-electron chi connectivity index (χ0n) is 17.4. The highest BCUT2D eigenvalue weighted by molar-refractivity contribution is 8.14. The van der Waals surface area contributed by atoms with Crippen LogP contribution in [0.1, 0.15) is 43.2 Å². The second-order valence-corrected chi connectivity index (χ2v) is 9.03. The topological polar surface area (TPSA) is 68.1 Å². The van der Waals surface area contributed by atoms with E-state index in [-0.39, 0.29) is 11.3 Å². The summed E-state index contributed by atoms with van der Waals surface area (Å²) in [6.07, 6.45) is 5.30. The lowest BCUT2D eigenvalue weighted by Gasteiger charge is -2.42. The van der Waals surface area contributed by atoms with Crippen molar-refractivity contribution in [2.45, 2.75) is 51.5 Å². The molecule has 30 heavy (non-hydrogen) atoms. The molecule has 1 spiro atoms. The van der Waals surface area contributed by atoms with Crippen molar-refractivity contribution < 1.29 is 9.90 Å². The summed E-state index contributed by atoms with van der Waals surface area (Å²) in [5, 5.41) is 11.9. The number of carboxylic acid groups (broad SMARTS) is 1. The Balaban J connectivity index is 1.82. The molecule has 156 valence electrons. The molecule has 5 nitrogen and oxygen atoms in total. The molecule has 2 aliphatic rings. The normalized spacial score (nSPS) is 19.3. The zero-order valence-corrected chi connectivity index (χ0v) is 18.2. The maximum atomic E-state index is 11.2. The molecule has 1 saturated carbocycles. The molecule has 0 N–H and O–H groups in total. The van der Waals surface area contributed by atoms with Gasteiger partial charge in [0.2, 0.25) is 0 Å². The van der Waals surface area contributed by atoms with Crippen LogP contribution in [0.3, 0.4) is 0 Å². The largest absolute Gasteiger partial charge is 0.549 e. The van der Waals surface area contributed by atoms with Crippen LogP contribution in [-0.4, -0.2) is 28.3 Å². The molecule has 6 heteroatoms. The Bertz CT molecular complexity index is 975. The Labute approximate surface area is 181 Å². The fraction of sp³-hybridized carbons (Fsp3) is 0.375. The first kappa shape index (κ1) is 20.7. The van der Waals surface area contributed by atoms with Crippen LogP contribution in [0, 0.1) is 13.8 Å². The monoisotopic (exact) mass is 420 g/mol. The van der Waals surface area contributed by atoms with Crippen LogP contribution in [0.5, 0.6) is 0 Å². The van der Waals surface area contributed by atoms with Crippen LogP contribution < -0.4 is 10.0 Å². The van der Waals surface area contributed by atoms with Crippen molar-refractivity contribution in [2.24, 2.45) is 9.98 Å². The fourth-order valence-electron chi connectivity index (χ4n) is 4.25. The van der Waals surface area contributed by atoms with Crippen LogP contribution in [0.4, 0.5) is 11.4 Å². The Morgan fingerprint density at radius 1 is 1.03 bits per heavy atom. The predicted octanol–water partition coefficient (Wildman–Crippen LogP) is 4.40. The van der Waals surface area contributed by atoms with Gasteiger partial charge in [-0.05, 0) is 51.0 Å². The molecule has 0 radical (unpaired) electrons. The van der Waals surface area contributed by atoms with Gasteiger partial charge in [-0.25, -0.2) is 9.98 Å². The minimum atomic E-state index is -1.09. The molecule has 1 fully saturated rings. The molecule has 4 rings (SSSR count). The number of amidine groups is 2. The van der Waals surface area contributed by atoms with Crippen molar-refractivity contribution in [3.05, 3.63) is 59.7 Å². The van der Waals surface area contributed by atoms with Crippen molar-refractivity contribution in [1.82, 2.24) is 0 Å². The van der Waals surface area contributed by atoms with Crippen LogP contribution in [0.15, 0.2) is 58.5 Å². The summed E-state index contributed by atoms with van der Waals surface area (Å²) in [6.45, 7) is 4.12. The van der Waals surface area contributed by atoms with Gasteiger partial charge in [0, 0.05) is 11.4 Å². The summed E-state index contributed by atoms with van der Waals surface area (Å²) < 4.78 is 0. The van der Waals surface area contributed by atoms with Crippen molar-refractivity contribution >= 4 is 40.1 Å². The number of carbonyl (C=O) groups excluding carboxylic acids is 1.